The Morgan fingerprint density at radius 1 is 1.44 bits per heavy atom. The minimum absolute atomic E-state index is 0.194. The maximum atomic E-state index is 5.81. The second-order valence-corrected chi connectivity index (χ2v) is 4.27. The molecule has 88 valence electrons. The molecule has 0 spiro atoms. The summed E-state index contributed by atoms with van der Waals surface area (Å²) in [6, 6.07) is 6.78. The van der Waals surface area contributed by atoms with Crippen LogP contribution in [0.4, 0.5) is 5.82 Å². The third-order valence-corrected chi connectivity index (χ3v) is 3.03. The zero-order valence-corrected chi connectivity index (χ0v) is 10.1. The van der Waals surface area contributed by atoms with Crippen LogP contribution in [0.25, 0.3) is 0 Å². The molecule has 1 aliphatic heterocycles. The van der Waals surface area contributed by atoms with Crippen molar-refractivity contribution in [3.8, 4) is 0 Å². The summed E-state index contributed by atoms with van der Waals surface area (Å²) >= 11 is 0. The molecule has 0 aromatic carbocycles. The molecule has 0 saturated carbocycles. The van der Waals surface area contributed by atoms with Gasteiger partial charge in [-0.25, -0.2) is 4.57 Å². The highest BCUT2D eigenvalue weighted by atomic mass is 16.5. The molecule has 1 aromatic heterocycles. The van der Waals surface area contributed by atoms with Crippen molar-refractivity contribution in [1.82, 2.24) is 0 Å². The summed E-state index contributed by atoms with van der Waals surface area (Å²) in [5.74, 6) is 1.17. The van der Waals surface area contributed by atoms with Crippen LogP contribution in [-0.2, 0) is 4.74 Å². The van der Waals surface area contributed by atoms with E-state index in [-0.39, 0.29) is 6.23 Å². The molecule has 1 aromatic rings. The Bertz CT molecular complexity index is 340. The predicted octanol–water partition coefficient (Wildman–Crippen LogP) is 2.49. The highest BCUT2D eigenvalue weighted by molar-refractivity contribution is 5.30. The SMILES string of the molecule is CCCC1CC(OCC)[n+]2ccccc2N1. The highest BCUT2D eigenvalue weighted by Crippen LogP contribution is 2.22. The van der Waals surface area contributed by atoms with Crippen LogP contribution in [0.5, 0.6) is 0 Å². The second-order valence-electron chi connectivity index (χ2n) is 4.27. The van der Waals surface area contributed by atoms with E-state index in [1.54, 1.807) is 0 Å². The van der Waals surface area contributed by atoms with Crippen molar-refractivity contribution in [3.63, 3.8) is 0 Å². The van der Waals surface area contributed by atoms with Crippen LogP contribution in [0.1, 0.15) is 39.3 Å². The summed E-state index contributed by atoms with van der Waals surface area (Å²) in [7, 11) is 0. The first kappa shape index (κ1) is 11.4. The van der Waals surface area contributed by atoms with Gasteiger partial charge in [-0.2, -0.15) is 0 Å². The van der Waals surface area contributed by atoms with E-state index >= 15 is 0 Å². The van der Waals surface area contributed by atoms with Crippen molar-refractivity contribution in [2.75, 3.05) is 11.9 Å². The fourth-order valence-electron chi connectivity index (χ4n) is 2.33. The van der Waals surface area contributed by atoms with Crippen LogP contribution in [0.3, 0.4) is 0 Å². The number of anilines is 1. The Morgan fingerprint density at radius 2 is 2.31 bits per heavy atom. The zero-order chi connectivity index (χ0) is 11.4. The molecule has 0 aliphatic carbocycles. The Kier molecular flexibility index (Phi) is 3.78. The topological polar surface area (TPSA) is 25.1 Å². The monoisotopic (exact) mass is 221 g/mol. The highest BCUT2D eigenvalue weighted by Gasteiger charge is 2.31. The molecule has 1 aliphatic rings. The Labute approximate surface area is 97.4 Å². The fraction of sp³-hybridized carbons (Fsp3) is 0.615. The number of pyridine rings is 1. The first-order valence-corrected chi connectivity index (χ1v) is 6.23. The minimum Gasteiger partial charge on any atom is -0.339 e. The van der Waals surface area contributed by atoms with Gasteiger partial charge in [0.15, 0.2) is 0 Å². The summed E-state index contributed by atoms with van der Waals surface area (Å²) in [5, 5.41) is 3.57. The molecule has 0 bridgehead atoms. The van der Waals surface area contributed by atoms with Crippen LogP contribution < -0.4 is 9.88 Å². The van der Waals surface area contributed by atoms with Crippen LogP contribution in [-0.4, -0.2) is 12.6 Å². The van der Waals surface area contributed by atoms with Crippen molar-refractivity contribution in [2.24, 2.45) is 0 Å². The number of nitrogens with zero attached hydrogens (tertiary/aromatic N) is 1. The van der Waals surface area contributed by atoms with Gasteiger partial charge in [0.25, 0.3) is 5.82 Å². The van der Waals surface area contributed by atoms with Gasteiger partial charge in [0.05, 0.1) is 12.6 Å². The lowest BCUT2D eigenvalue weighted by atomic mass is 10.1. The molecule has 2 rings (SSSR count). The molecule has 0 saturated heterocycles. The van der Waals surface area contributed by atoms with Crippen molar-refractivity contribution in [2.45, 2.75) is 45.4 Å². The molecule has 0 radical (unpaired) electrons. The summed E-state index contributed by atoms with van der Waals surface area (Å²) in [6.45, 7) is 5.05. The largest absolute Gasteiger partial charge is 0.339 e. The number of rotatable bonds is 4. The van der Waals surface area contributed by atoms with Gasteiger partial charge < -0.3 is 4.74 Å². The standard InChI is InChI=1S/C13H20N2O/c1-3-7-11-10-13(16-4-2)15-9-6-5-8-12(15)14-11/h5-6,8-9,11,13H,3-4,7,10H2,1-2H3/p+1. The molecule has 3 nitrogen and oxygen atoms in total. The van der Waals surface area contributed by atoms with Gasteiger partial charge in [-0.3, -0.25) is 5.32 Å². The number of ether oxygens (including phenoxy) is 1. The van der Waals surface area contributed by atoms with E-state index in [4.69, 9.17) is 4.74 Å². The van der Waals surface area contributed by atoms with Gasteiger partial charge in [-0.05, 0) is 19.4 Å². The molecule has 2 heterocycles. The molecular formula is C13H21N2O+. The smallest absolute Gasteiger partial charge is 0.276 e. The average Bonchev–Trinajstić information content (AvgIpc) is 2.30. The van der Waals surface area contributed by atoms with E-state index in [1.165, 1.54) is 18.7 Å². The number of hydrogen-bond donors (Lipinski definition) is 1. The molecule has 0 amide bonds. The van der Waals surface area contributed by atoms with Crippen molar-refractivity contribution in [1.29, 1.82) is 0 Å². The normalized spacial score (nSPS) is 23.6. The summed E-state index contributed by atoms with van der Waals surface area (Å²) in [6.07, 6.45) is 5.76. The summed E-state index contributed by atoms with van der Waals surface area (Å²) in [5.41, 5.74) is 0. The third kappa shape index (κ3) is 2.35. The lowest BCUT2D eigenvalue weighted by Crippen LogP contribution is -2.51. The van der Waals surface area contributed by atoms with E-state index in [0.717, 1.165) is 13.0 Å². The van der Waals surface area contributed by atoms with Gasteiger partial charge in [0, 0.05) is 12.7 Å². The number of hydrogen-bond acceptors (Lipinski definition) is 2. The van der Waals surface area contributed by atoms with Gasteiger partial charge in [0.1, 0.15) is 6.04 Å². The van der Waals surface area contributed by atoms with Crippen LogP contribution >= 0.6 is 0 Å². The molecule has 2 unspecified atom stereocenters. The number of aromatic nitrogens is 1. The number of nitrogens with one attached hydrogen (secondary N) is 1. The van der Waals surface area contributed by atoms with E-state index in [0.29, 0.717) is 6.04 Å². The Hall–Kier alpha value is -1.09. The lowest BCUT2D eigenvalue weighted by Gasteiger charge is -2.27. The maximum absolute atomic E-state index is 5.81. The van der Waals surface area contributed by atoms with Crippen LogP contribution in [0.15, 0.2) is 24.4 Å². The zero-order valence-electron chi connectivity index (χ0n) is 10.1. The Balaban J connectivity index is 2.19. The molecule has 0 fully saturated rings. The molecule has 3 heteroatoms. The maximum Gasteiger partial charge on any atom is 0.276 e. The van der Waals surface area contributed by atoms with Crippen molar-refractivity contribution < 1.29 is 9.30 Å². The molecule has 1 N–H and O–H groups in total. The van der Waals surface area contributed by atoms with E-state index in [1.807, 2.05) is 0 Å². The average molecular weight is 221 g/mol. The van der Waals surface area contributed by atoms with Gasteiger partial charge in [0.2, 0.25) is 6.23 Å². The van der Waals surface area contributed by atoms with Crippen molar-refractivity contribution in [3.05, 3.63) is 24.4 Å². The first-order valence-electron chi connectivity index (χ1n) is 6.23. The lowest BCUT2D eigenvalue weighted by molar-refractivity contribution is -0.755. The summed E-state index contributed by atoms with van der Waals surface area (Å²) < 4.78 is 8.00. The summed E-state index contributed by atoms with van der Waals surface area (Å²) in [4.78, 5) is 0. The van der Waals surface area contributed by atoms with Crippen LogP contribution in [0, 0.1) is 0 Å². The Morgan fingerprint density at radius 3 is 3.06 bits per heavy atom. The number of fused-ring (bicyclic) bond motifs is 1. The van der Waals surface area contributed by atoms with Gasteiger partial charge >= 0.3 is 0 Å². The molecular weight excluding hydrogens is 200 g/mol. The quantitative estimate of drug-likeness (QED) is 0.790. The van der Waals surface area contributed by atoms with E-state index < -0.39 is 0 Å². The van der Waals surface area contributed by atoms with E-state index in [9.17, 15) is 0 Å². The van der Waals surface area contributed by atoms with Crippen molar-refractivity contribution >= 4 is 5.82 Å². The predicted molar refractivity (Wildman–Crippen MR) is 64.2 cm³/mol. The van der Waals surface area contributed by atoms with Gasteiger partial charge in [-0.15, -0.1) is 0 Å². The molecule has 16 heavy (non-hydrogen) atoms. The van der Waals surface area contributed by atoms with Gasteiger partial charge in [-0.1, -0.05) is 19.4 Å². The third-order valence-electron chi connectivity index (χ3n) is 3.03. The fourth-order valence-corrected chi connectivity index (χ4v) is 2.33. The molecule has 2 atom stereocenters. The second kappa shape index (κ2) is 5.30. The van der Waals surface area contributed by atoms with Crippen LogP contribution in [0.2, 0.25) is 0 Å². The first-order chi connectivity index (χ1) is 7.85. The van der Waals surface area contributed by atoms with E-state index in [2.05, 4.69) is 48.1 Å². The minimum atomic E-state index is 0.194.